The van der Waals surface area contributed by atoms with Crippen molar-refractivity contribution in [3.63, 3.8) is 0 Å². The van der Waals surface area contributed by atoms with Crippen LogP contribution in [0.3, 0.4) is 0 Å². The van der Waals surface area contributed by atoms with E-state index in [0.29, 0.717) is 32.8 Å². The number of carbonyl (C=O) groups is 1. The van der Waals surface area contributed by atoms with Gasteiger partial charge in [0.05, 0.1) is 26.7 Å². The van der Waals surface area contributed by atoms with Crippen LogP contribution < -0.4 is 4.72 Å². The molecule has 1 N–H and O–H groups in total. The Morgan fingerprint density at radius 3 is 2.48 bits per heavy atom. The van der Waals surface area contributed by atoms with Crippen LogP contribution >= 0.6 is 0 Å². The van der Waals surface area contributed by atoms with E-state index in [1.165, 1.54) is 14.2 Å². The molecular weight excluding hydrogens is 300 g/mol. The van der Waals surface area contributed by atoms with Gasteiger partial charge in [-0.05, 0) is 12.8 Å². The van der Waals surface area contributed by atoms with Gasteiger partial charge in [-0.25, -0.2) is 4.72 Å². The van der Waals surface area contributed by atoms with Gasteiger partial charge in [-0.2, -0.15) is 12.7 Å². The Kier molecular flexibility index (Phi) is 11.5. The molecule has 0 aliphatic carbocycles. The molecule has 126 valence electrons. The molecule has 0 unspecified atom stereocenters. The summed E-state index contributed by atoms with van der Waals surface area (Å²) in [7, 11) is 0.739. The Balaban J connectivity index is 3.74. The summed E-state index contributed by atoms with van der Waals surface area (Å²) in [6, 6.07) is 0. The fourth-order valence-electron chi connectivity index (χ4n) is 1.36. The second kappa shape index (κ2) is 11.9. The van der Waals surface area contributed by atoms with Crippen LogP contribution in [0.4, 0.5) is 0 Å². The molecule has 0 aromatic rings. The van der Waals surface area contributed by atoms with Crippen molar-refractivity contribution in [2.45, 2.75) is 19.3 Å². The summed E-state index contributed by atoms with van der Waals surface area (Å²) in [6.45, 7) is 2.08. The molecule has 0 aliphatic heterocycles. The summed E-state index contributed by atoms with van der Waals surface area (Å²) in [6.07, 6.45) is 1.47. The Morgan fingerprint density at radius 2 is 1.86 bits per heavy atom. The highest BCUT2D eigenvalue weighted by Crippen LogP contribution is 1.98. The minimum absolute atomic E-state index is 0.0290. The zero-order valence-electron chi connectivity index (χ0n) is 13.0. The number of unbranched alkanes of at least 4 members (excludes halogenated alkanes) is 1. The zero-order chi connectivity index (χ0) is 16.1. The maximum absolute atomic E-state index is 11.8. The summed E-state index contributed by atoms with van der Waals surface area (Å²) in [5.41, 5.74) is 0. The SMILES string of the molecule is COCCOCCCCNS(=O)(=O)N(C)CCC(=O)OC. The summed E-state index contributed by atoms with van der Waals surface area (Å²) < 4.78 is 41.8. The first-order valence-corrected chi connectivity index (χ1v) is 8.22. The van der Waals surface area contributed by atoms with E-state index in [4.69, 9.17) is 9.47 Å². The lowest BCUT2D eigenvalue weighted by atomic mass is 10.3. The molecule has 0 rings (SSSR count). The summed E-state index contributed by atoms with van der Waals surface area (Å²) in [5.74, 6) is -0.440. The van der Waals surface area contributed by atoms with Crippen LogP contribution in [0.25, 0.3) is 0 Å². The number of carbonyl (C=O) groups excluding carboxylic acids is 1. The van der Waals surface area contributed by atoms with Crippen LogP contribution in [0, 0.1) is 0 Å². The average Bonchev–Trinajstić information content (AvgIpc) is 2.46. The number of nitrogens with one attached hydrogen (secondary N) is 1. The number of nitrogens with zero attached hydrogens (tertiary/aromatic N) is 1. The van der Waals surface area contributed by atoms with Crippen molar-refractivity contribution in [2.24, 2.45) is 0 Å². The molecule has 0 aromatic heterocycles. The minimum atomic E-state index is -3.55. The molecule has 8 nitrogen and oxygen atoms in total. The maximum atomic E-state index is 11.8. The summed E-state index contributed by atoms with van der Waals surface area (Å²) >= 11 is 0. The van der Waals surface area contributed by atoms with Gasteiger partial charge < -0.3 is 14.2 Å². The lowest BCUT2D eigenvalue weighted by molar-refractivity contribution is -0.140. The highest BCUT2D eigenvalue weighted by atomic mass is 32.2. The molecular formula is C12H26N2O6S. The molecule has 0 saturated heterocycles. The topological polar surface area (TPSA) is 94.2 Å². The molecule has 0 radical (unpaired) electrons. The Morgan fingerprint density at radius 1 is 1.14 bits per heavy atom. The number of ether oxygens (including phenoxy) is 3. The molecule has 0 amide bonds. The van der Waals surface area contributed by atoms with Crippen LogP contribution in [-0.2, 0) is 29.2 Å². The second-order valence-corrected chi connectivity index (χ2v) is 6.22. The lowest BCUT2D eigenvalue weighted by Crippen LogP contribution is -2.39. The second-order valence-electron chi connectivity index (χ2n) is 4.36. The molecule has 0 aromatic carbocycles. The van der Waals surface area contributed by atoms with E-state index < -0.39 is 16.2 Å². The van der Waals surface area contributed by atoms with Crippen molar-refractivity contribution in [1.29, 1.82) is 0 Å². The third-order valence-electron chi connectivity index (χ3n) is 2.70. The highest BCUT2D eigenvalue weighted by molar-refractivity contribution is 7.87. The van der Waals surface area contributed by atoms with E-state index in [-0.39, 0.29) is 13.0 Å². The third-order valence-corrected chi connectivity index (χ3v) is 4.27. The van der Waals surface area contributed by atoms with Gasteiger partial charge in [0.15, 0.2) is 0 Å². The number of esters is 1. The average molecular weight is 326 g/mol. The van der Waals surface area contributed by atoms with Crippen LogP contribution in [0.5, 0.6) is 0 Å². The highest BCUT2D eigenvalue weighted by Gasteiger charge is 2.17. The van der Waals surface area contributed by atoms with E-state index in [9.17, 15) is 13.2 Å². The molecule has 0 atom stereocenters. The van der Waals surface area contributed by atoms with Gasteiger partial charge in [-0.3, -0.25) is 4.79 Å². The van der Waals surface area contributed by atoms with Gasteiger partial charge in [0.25, 0.3) is 10.2 Å². The van der Waals surface area contributed by atoms with Crippen LogP contribution in [-0.4, -0.2) is 72.9 Å². The zero-order valence-corrected chi connectivity index (χ0v) is 13.8. The fourth-order valence-corrected chi connectivity index (χ4v) is 2.31. The number of hydrogen-bond acceptors (Lipinski definition) is 6. The van der Waals surface area contributed by atoms with Gasteiger partial charge in [-0.1, -0.05) is 0 Å². The van der Waals surface area contributed by atoms with Crippen molar-refractivity contribution < 1.29 is 27.4 Å². The molecule has 0 heterocycles. The minimum Gasteiger partial charge on any atom is -0.469 e. The molecule has 0 bridgehead atoms. The first kappa shape index (κ1) is 20.3. The quantitative estimate of drug-likeness (QED) is 0.371. The van der Waals surface area contributed by atoms with Gasteiger partial charge in [-0.15, -0.1) is 0 Å². The lowest BCUT2D eigenvalue weighted by Gasteiger charge is -2.17. The van der Waals surface area contributed by atoms with Crippen molar-refractivity contribution in [1.82, 2.24) is 9.03 Å². The third kappa shape index (κ3) is 10.6. The molecule has 21 heavy (non-hydrogen) atoms. The molecule has 0 fully saturated rings. The summed E-state index contributed by atoms with van der Waals surface area (Å²) in [4.78, 5) is 11.0. The Hall–Kier alpha value is -0.740. The van der Waals surface area contributed by atoms with Crippen LogP contribution in [0.2, 0.25) is 0 Å². The van der Waals surface area contributed by atoms with Crippen molar-refractivity contribution in [3.05, 3.63) is 0 Å². The maximum Gasteiger partial charge on any atom is 0.306 e. The molecule has 0 spiro atoms. The van der Waals surface area contributed by atoms with Crippen LogP contribution in [0.1, 0.15) is 19.3 Å². The monoisotopic (exact) mass is 326 g/mol. The largest absolute Gasteiger partial charge is 0.469 e. The van der Waals surface area contributed by atoms with Crippen LogP contribution in [0.15, 0.2) is 0 Å². The first-order chi connectivity index (χ1) is 9.94. The van der Waals surface area contributed by atoms with E-state index in [0.717, 1.165) is 10.7 Å². The number of hydrogen-bond donors (Lipinski definition) is 1. The van der Waals surface area contributed by atoms with Gasteiger partial charge in [0, 0.05) is 33.9 Å². The Bertz CT molecular complexity index is 374. The normalized spacial score (nSPS) is 11.8. The number of rotatable bonds is 13. The molecule has 0 saturated carbocycles. The predicted octanol–water partition coefficient (Wildman–Crippen LogP) is -0.241. The first-order valence-electron chi connectivity index (χ1n) is 6.78. The van der Waals surface area contributed by atoms with Gasteiger partial charge in [0.2, 0.25) is 0 Å². The van der Waals surface area contributed by atoms with E-state index in [1.807, 2.05) is 0 Å². The van der Waals surface area contributed by atoms with Crippen molar-refractivity contribution in [2.75, 3.05) is 54.2 Å². The van der Waals surface area contributed by atoms with E-state index in [2.05, 4.69) is 9.46 Å². The number of methoxy groups -OCH3 is 2. The smallest absolute Gasteiger partial charge is 0.306 e. The van der Waals surface area contributed by atoms with E-state index in [1.54, 1.807) is 7.11 Å². The Labute approximate surface area is 126 Å². The van der Waals surface area contributed by atoms with Crippen molar-refractivity contribution in [3.8, 4) is 0 Å². The van der Waals surface area contributed by atoms with Gasteiger partial charge >= 0.3 is 5.97 Å². The molecule has 9 heteroatoms. The predicted molar refractivity (Wildman–Crippen MR) is 78.1 cm³/mol. The summed E-state index contributed by atoms with van der Waals surface area (Å²) in [5, 5.41) is 0. The molecule has 0 aliphatic rings. The standard InChI is InChI=1S/C12H26N2O6S/c1-14(8-6-12(15)19-3)21(16,17)13-7-4-5-9-20-11-10-18-2/h13H,4-11H2,1-3H3. The van der Waals surface area contributed by atoms with Gasteiger partial charge in [0.1, 0.15) is 0 Å². The fraction of sp³-hybridized carbons (Fsp3) is 0.917. The van der Waals surface area contributed by atoms with Crippen molar-refractivity contribution >= 4 is 16.2 Å². The van der Waals surface area contributed by atoms with E-state index >= 15 is 0 Å².